The molecule has 0 spiro atoms. The van der Waals surface area contributed by atoms with Gasteiger partial charge in [-0.2, -0.15) is 4.99 Å². The highest BCUT2D eigenvalue weighted by atomic mass is 35.5. The standard InChI is InChI=1S/C19H15ClN4OS2/c1-11-8-13(12(2)24(11)15-5-3-4-14(20)10-15)9-16-17(25)22-19(27-16)23-18-21-6-7-26-18/h3-10H,1-2H3,(H,21,22,23,25)/b16-9-. The summed E-state index contributed by atoms with van der Waals surface area (Å²) < 4.78 is 2.13. The summed E-state index contributed by atoms with van der Waals surface area (Å²) >= 11 is 8.88. The Bertz CT molecular complexity index is 1080. The van der Waals surface area contributed by atoms with Gasteiger partial charge in [0.05, 0.1) is 4.91 Å². The van der Waals surface area contributed by atoms with Crippen molar-refractivity contribution in [3.8, 4) is 5.69 Å². The number of rotatable bonds is 3. The van der Waals surface area contributed by atoms with Gasteiger partial charge >= 0.3 is 0 Å². The van der Waals surface area contributed by atoms with E-state index in [1.165, 1.54) is 23.1 Å². The number of aryl methyl sites for hydroxylation is 1. The number of aliphatic imine (C=N–C) groups is 1. The van der Waals surface area contributed by atoms with E-state index in [-0.39, 0.29) is 5.91 Å². The van der Waals surface area contributed by atoms with E-state index in [2.05, 4.69) is 25.9 Å². The fraction of sp³-hybridized carbons (Fsp3) is 0.105. The highest BCUT2D eigenvalue weighted by Gasteiger charge is 2.25. The minimum atomic E-state index is -0.150. The van der Waals surface area contributed by atoms with Gasteiger partial charge in [-0.3, -0.25) is 4.79 Å². The molecule has 1 aromatic carbocycles. The molecule has 5 nitrogen and oxygen atoms in total. The molecule has 0 aliphatic carbocycles. The average molecular weight is 415 g/mol. The number of nitrogens with one attached hydrogen (secondary N) is 1. The molecule has 0 radical (unpaired) electrons. The third kappa shape index (κ3) is 3.71. The highest BCUT2D eigenvalue weighted by molar-refractivity contribution is 8.18. The summed E-state index contributed by atoms with van der Waals surface area (Å²) in [6.45, 7) is 4.06. The molecule has 1 fully saturated rings. The van der Waals surface area contributed by atoms with Crippen LogP contribution in [0.1, 0.15) is 17.0 Å². The Morgan fingerprint density at radius 1 is 1.30 bits per heavy atom. The summed E-state index contributed by atoms with van der Waals surface area (Å²) in [6, 6.07) is 9.78. The second kappa shape index (κ2) is 7.34. The lowest BCUT2D eigenvalue weighted by molar-refractivity contribution is -0.115. The predicted molar refractivity (Wildman–Crippen MR) is 113 cm³/mol. The Labute approximate surface area is 169 Å². The Hall–Kier alpha value is -2.35. The van der Waals surface area contributed by atoms with Crippen LogP contribution in [-0.4, -0.2) is 20.6 Å². The zero-order valence-corrected chi connectivity index (χ0v) is 17.0. The van der Waals surface area contributed by atoms with Crippen molar-refractivity contribution >= 4 is 57.0 Å². The monoisotopic (exact) mass is 414 g/mol. The lowest BCUT2D eigenvalue weighted by Crippen LogP contribution is -2.19. The van der Waals surface area contributed by atoms with E-state index in [1.807, 2.05) is 49.6 Å². The van der Waals surface area contributed by atoms with Crippen molar-refractivity contribution in [2.24, 2.45) is 4.99 Å². The van der Waals surface area contributed by atoms with Crippen LogP contribution in [-0.2, 0) is 4.79 Å². The lowest BCUT2D eigenvalue weighted by atomic mass is 10.2. The van der Waals surface area contributed by atoms with Gasteiger partial charge in [-0.05, 0) is 61.5 Å². The number of aromatic nitrogens is 2. The third-order valence-electron chi connectivity index (χ3n) is 4.09. The minimum absolute atomic E-state index is 0.150. The number of halogens is 1. The first-order valence-electron chi connectivity index (χ1n) is 8.15. The van der Waals surface area contributed by atoms with Crippen molar-refractivity contribution in [1.29, 1.82) is 0 Å². The molecule has 0 saturated carbocycles. The van der Waals surface area contributed by atoms with E-state index in [1.54, 1.807) is 6.20 Å². The molecule has 1 aliphatic rings. The average Bonchev–Trinajstić information content (AvgIpc) is 3.31. The molecule has 0 unspecified atom stereocenters. The number of hydrogen-bond donors (Lipinski definition) is 1. The zero-order valence-electron chi connectivity index (χ0n) is 14.6. The SMILES string of the molecule is Cc1cc(/C=C2\S/C(=N/c3nccs3)NC2=O)c(C)n1-c1cccc(Cl)c1. The summed E-state index contributed by atoms with van der Waals surface area (Å²) in [6.07, 6.45) is 3.58. The molecular weight excluding hydrogens is 400 g/mol. The van der Waals surface area contributed by atoms with E-state index in [9.17, 15) is 4.79 Å². The van der Waals surface area contributed by atoms with E-state index in [4.69, 9.17) is 11.6 Å². The molecule has 136 valence electrons. The fourth-order valence-corrected chi connectivity index (χ4v) is 4.49. The minimum Gasteiger partial charge on any atom is -0.318 e. The van der Waals surface area contributed by atoms with Gasteiger partial charge in [-0.25, -0.2) is 4.98 Å². The molecule has 0 atom stereocenters. The Morgan fingerprint density at radius 3 is 2.89 bits per heavy atom. The number of benzene rings is 1. The summed E-state index contributed by atoms with van der Waals surface area (Å²) in [7, 11) is 0. The number of carbonyl (C=O) groups excluding carboxylic acids is 1. The van der Waals surface area contributed by atoms with Gasteiger partial charge in [0.25, 0.3) is 5.91 Å². The normalized spacial score (nSPS) is 17.1. The molecule has 1 N–H and O–H groups in total. The summed E-state index contributed by atoms with van der Waals surface area (Å²) in [5, 5.41) is 6.50. The lowest BCUT2D eigenvalue weighted by Gasteiger charge is -2.09. The maximum absolute atomic E-state index is 12.3. The molecule has 2 aromatic heterocycles. The molecule has 3 aromatic rings. The molecule has 1 amide bonds. The Balaban J connectivity index is 1.67. The number of amides is 1. The van der Waals surface area contributed by atoms with Gasteiger partial charge in [-0.15, -0.1) is 11.3 Å². The van der Waals surface area contributed by atoms with Crippen LogP contribution in [0.5, 0.6) is 0 Å². The summed E-state index contributed by atoms with van der Waals surface area (Å²) in [4.78, 5) is 21.4. The van der Waals surface area contributed by atoms with Crippen LogP contribution in [0.25, 0.3) is 11.8 Å². The molecule has 27 heavy (non-hydrogen) atoms. The molecule has 4 rings (SSSR count). The molecule has 0 bridgehead atoms. The van der Waals surface area contributed by atoms with Crippen LogP contribution in [0.2, 0.25) is 5.02 Å². The van der Waals surface area contributed by atoms with Crippen LogP contribution < -0.4 is 5.32 Å². The Kier molecular flexibility index (Phi) is 4.90. The number of amidine groups is 1. The quantitative estimate of drug-likeness (QED) is 0.607. The van der Waals surface area contributed by atoms with E-state index >= 15 is 0 Å². The highest BCUT2D eigenvalue weighted by Crippen LogP contribution is 2.31. The van der Waals surface area contributed by atoms with Gasteiger partial charge in [0, 0.05) is 33.7 Å². The molecular formula is C19H15ClN4OS2. The van der Waals surface area contributed by atoms with Gasteiger partial charge < -0.3 is 9.88 Å². The maximum Gasteiger partial charge on any atom is 0.264 e. The maximum atomic E-state index is 12.3. The van der Waals surface area contributed by atoms with Crippen molar-refractivity contribution in [2.45, 2.75) is 13.8 Å². The van der Waals surface area contributed by atoms with Crippen molar-refractivity contribution < 1.29 is 4.79 Å². The first-order valence-corrected chi connectivity index (χ1v) is 10.2. The molecule has 8 heteroatoms. The summed E-state index contributed by atoms with van der Waals surface area (Å²) in [5.74, 6) is -0.150. The third-order valence-corrected chi connectivity index (χ3v) is 5.90. The van der Waals surface area contributed by atoms with E-state index in [0.29, 0.717) is 20.2 Å². The van der Waals surface area contributed by atoms with Gasteiger partial charge in [0.2, 0.25) is 5.13 Å². The van der Waals surface area contributed by atoms with Gasteiger partial charge in [-0.1, -0.05) is 17.7 Å². The first-order chi connectivity index (χ1) is 13.0. The van der Waals surface area contributed by atoms with Crippen molar-refractivity contribution in [1.82, 2.24) is 14.9 Å². The van der Waals surface area contributed by atoms with E-state index < -0.39 is 0 Å². The second-order valence-corrected chi connectivity index (χ2v) is 8.28. The molecule has 1 aliphatic heterocycles. The van der Waals surface area contributed by atoms with Crippen LogP contribution in [0.4, 0.5) is 5.13 Å². The largest absolute Gasteiger partial charge is 0.318 e. The van der Waals surface area contributed by atoms with Crippen molar-refractivity contribution in [2.75, 3.05) is 0 Å². The topological polar surface area (TPSA) is 59.3 Å². The smallest absolute Gasteiger partial charge is 0.264 e. The number of nitrogens with zero attached hydrogens (tertiary/aromatic N) is 3. The predicted octanol–water partition coefficient (Wildman–Crippen LogP) is 5.10. The molecule has 1 saturated heterocycles. The number of hydrogen-bond acceptors (Lipinski definition) is 5. The first kappa shape index (κ1) is 18.0. The van der Waals surface area contributed by atoms with Crippen LogP contribution in [0, 0.1) is 13.8 Å². The van der Waals surface area contributed by atoms with Crippen LogP contribution >= 0.6 is 34.7 Å². The van der Waals surface area contributed by atoms with Crippen molar-refractivity contribution in [3.05, 3.63) is 68.8 Å². The Morgan fingerprint density at radius 2 is 2.15 bits per heavy atom. The van der Waals surface area contributed by atoms with Gasteiger partial charge in [0.1, 0.15) is 0 Å². The van der Waals surface area contributed by atoms with Gasteiger partial charge in [0.15, 0.2) is 5.17 Å². The van der Waals surface area contributed by atoms with E-state index in [0.717, 1.165) is 22.6 Å². The summed E-state index contributed by atoms with van der Waals surface area (Å²) in [5.41, 5.74) is 4.10. The number of thiazole rings is 1. The number of carbonyl (C=O) groups is 1. The zero-order chi connectivity index (χ0) is 19.0. The van der Waals surface area contributed by atoms with Crippen LogP contribution in [0.15, 0.2) is 51.8 Å². The number of thioether (sulfide) groups is 1. The second-order valence-electron chi connectivity index (χ2n) is 5.94. The van der Waals surface area contributed by atoms with Crippen LogP contribution in [0.3, 0.4) is 0 Å². The fourth-order valence-electron chi connectivity index (χ4n) is 2.93. The van der Waals surface area contributed by atoms with Crippen molar-refractivity contribution in [3.63, 3.8) is 0 Å². The molecule has 3 heterocycles.